The number of ether oxygens (including phenoxy) is 2. The highest BCUT2D eigenvalue weighted by Crippen LogP contribution is 2.34. The Balaban J connectivity index is 2.54. The largest absolute Gasteiger partial charge is 0.495 e. The third-order valence-electron chi connectivity index (χ3n) is 3.50. The predicted octanol–water partition coefficient (Wildman–Crippen LogP) is 3.47. The van der Waals surface area contributed by atoms with Crippen LogP contribution in [0.15, 0.2) is 29.2 Å². The molecule has 0 aliphatic carbocycles. The summed E-state index contributed by atoms with van der Waals surface area (Å²) in [7, 11) is -3.23. The molecule has 2 rings (SSSR count). The Hall–Kier alpha value is -2.83. The number of carbonyl (C=O) groups excluding carboxylic acids is 1. The van der Waals surface area contributed by atoms with E-state index in [1.807, 2.05) is 10.6 Å². The number of rotatable bonds is 6. The second-order valence-electron chi connectivity index (χ2n) is 5.41. The zero-order chi connectivity index (χ0) is 21.1. The van der Waals surface area contributed by atoms with E-state index in [0.29, 0.717) is 0 Å². The number of hydrogen-bond donors (Lipinski definition) is 1. The van der Waals surface area contributed by atoms with Crippen LogP contribution < -0.4 is 9.46 Å². The summed E-state index contributed by atoms with van der Waals surface area (Å²) in [6.07, 6.45) is 5.05. The smallest absolute Gasteiger partial charge is 0.302 e. The van der Waals surface area contributed by atoms with Gasteiger partial charge in [-0.05, 0) is 24.3 Å². The summed E-state index contributed by atoms with van der Waals surface area (Å²) in [6, 6.07) is 4.15. The summed E-state index contributed by atoms with van der Waals surface area (Å²) in [5.41, 5.74) is -1.10. The lowest BCUT2D eigenvalue weighted by Crippen LogP contribution is -2.16. The van der Waals surface area contributed by atoms with Crippen LogP contribution in [-0.2, 0) is 26.2 Å². The van der Waals surface area contributed by atoms with Crippen molar-refractivity contribution >= 4 is 33.3 Å². The summed E-state index contributed by atoms with van der Waals surface area (Å²) in [6.45, 7) is 0.879. The Kier molecular flexibility index (Phi) is 6.48. The molecule has 148 valence electrons. The van der Waals surface area contributed by atoms with Gasteiger partial charge < -0.3 is 9.47 Å². The molecule has 28 heavy (non-hydrogen) atoms. The zero-order valence-electron chi connectivity index (χ0n) is 14.7. The fourth-order valence-electron chi connectivity index (χ4n) is 2.30. The summed E-state index contributed by atoms with van der Waals surface area (Å²) in [5, 5.41) is 0.00668. The molecule has 0 radical (unpaired) electrons. The molecule has 0 aliphatic heterocycles. The van der Waals surface area contributed by atoms with Crippen molar-refractivity contribution in [2.45, 2.75) is 18.4 Å². The lowest BCUT2D eigenvalue weighted by molar-refractivity contribution is -0.142. The fraction of sp³-hybridized carbons (Fsp3) is 0.167. The van der Waals surface area contributed by atoms with Crippen molar-refractivity contribution in [3.8, 4) is 18.1 Å². The minimum Gasteiger partial charge on any atom is -0.495 e. The number of terminal acetylenes is 1. The van der Waals surface area contributed by atoms with Gasteiger partial charge >= 0.3 is 5.97 Å². The minimum absolute atomic E-state index is 0.00668. The molecule has 0 spiro atoms. The van der Waals surface area contributed by atoms with Crippen molar-refractivity contribution in [3.63, 3.8) is 0 Å². The van der Waals surface area contributed by atoms with Crippen molar-refractivity contribution in [2.24, 2.45) is 0 Å². The molecule has 0 amide bonds. The molecule has 1 N–H and O–H groups in total. The predicted molar refractivity (Wildman–Crippen MR) is 98.6 cm³/mol. The van der Waals surface area contributed by atoms with Crippen LogP contribution in [0.3, 0.4) is 0 Å². The van der Waals surface area contributed by atoms with Crippen molar-refractivity contribution in [3.05, 3.63) is 52.0 Å². The van der Waals surface area contributed by atoms with E-state index in [2.05, 4.69) is 0 Å². The molecule has 0 saturated carbocycles. The number of sulfonamides is 1. The molecule has 0 bridgehead atoms. The molecular weight excluding hydrogens is 416 g/mol. The molecule has 0 heterocycles. The summed E-state index contributed by atoms with van der Waals surface area (Å²) in [4.78, 5) is 10.6. The number of anilines is 1. The first kappa shape index (κ1) is 21.5. The maximum atomic E-state index is 14.3. The third kappa shape index (κ3) is 4.52. The monoisotopic (exact) mass is 429 g/mol. The summed E-state index contributed by atoms with van der Waals surface area (Å²) >= 11 is 5.96. The van der Waals surface area contributed by atoms with Gasteiger partial charge in [0.15, 0.2) is 5.82 Å². The van der Waals surface area contributed by atoms with E-state index in [0.717, 1.165) is 18.2 Å². The normalized spacial score (nSPS) is 10.9. The van der Waals surface area contributed by atoms with E-state index in [9.17, 15) is 22.0 Å². The fourth-order valence-corrected chi connectivity index (χ4v) is 3.91. The number of benzene rings is 2. The maximum Gasteiger partial charge on any atom is 0.302 e. The van der Waals surface area contributed by atoms with Gasteiger partial charge in [0.25, 0.3) is 10.0 Å². The van der Waals surface area contributed by atoms with E-state index >= 15 is 0 Å². The first-order valence-electron chi connectivity index (χ1n) is 7.58. The summed E-state index contributed by atoms with van der Waals surface area (Å²) in [5.74, 6) is -1.18. The molecule has 6 nitrogen and oxygen atoms in total. The Labute approximate surface area is 165 Å². The maximum absolute atomic E-state index is 14.3. The van der Waals surface area contributed by atoms with Crippen molar-refractivity contribution in [1.82, 2.24) is 0 Å². The van der Waals surface area contributed by atoms with Gasteiger partial charge in [-0.3, -0.25) is 9.52 Å². The van der Waals surface area contributed by atoms with Gasteiger partial charge in [0.05, 0.1) is 18.4 Å². The molecular formula is C18H14ClF2NO5S. The van der Waals surface area contributed by atoms with Gasteiger partial charge in [0.2, 0.25) is 0 Å². The highest BCUT2D eigenvalue weighted by molar-refractivity contribution is 7.92. The molecule has 0 fully saturated rings. The SMILES string of the molecule is C#Cc1c(F)ccc(NS(=O)(=O)c2cc(Cl)cc(COC(C)=O)c2OC)c1F. The number of halogens is 3. The molecule has 0 unspecified atom stereocenters. The van der Waals surface area contributed by atoms with Gasteiger partial charge in [0, 0.05) is 17.5 Å². The van der Waals surface area contributed by atoms with Crippen LogP contribution in [0.2, 0.25) is 5.02 Å². The molecule has 2 aromatic rings. The van der Waals surface area contributed by atoms with Gasteiger partial charge in [0.1, 0.15) is 23.1 Å². The van der Waals surface area contributed by atoms with Crippen molar-refractivity contribution in [2.75, 3.05) is 11.8 Å². The molecule has 0 saturated heterocycles. The average molecular weight is 430 g/mol. The standard InChI is InChI=1S/C18H14ClF2NO5S/c1-4-13-14(20)5-6-15(17(13)21)22-28(24,25)16-8-12(19)7-11(18(16)26-3)9-27-10(2)23/h1,5-8,22H,9H2,2-3H3. The average Bonchev–Trinajstić information content (AvgIpc) is 2.62. The zero-order valence-corrected chi connectivity index (χ0v) is 16.2. The number of nitrogens with one attached hydrogen (secondary N) is 1. The molecule has 2 aromatic carbocycles. The first-order chi connectivity index (χ1) is 13.1. The quantitative estimate of drug-likeness (QED) is 0.561. The van der Waals surface area contributed by atoms with E-state index in [-0.39, 0.29) is 22.9 Å². The number of methoxy groups -OCH3 is 1. The highest BCUT2D eigenvalue weighted by Gasteiger charge is 2.25. The van der Waals surface area contributed by atoms with Crippen molar-refractivity contribution in [1.29, 1.82) is 0 Å². The summed E-state index contributed by atoms with van der Waals surface area (Å²) < 4.78 is 65.4. The molecule has 0 atom stereocenters. The van der Waals surface area contributed by atoms with Crippen molar-refractivity contribution < 1.29 is 31.5 Å². The number of carbonyl (C=O) groups is 1. The van der Waals surface area contributed by atoms with Crippen LogP contribution in [0.1, 0.15) is 18.1 Å². The van der Waals surface area contributed by atoms with Gasteiger partial charge in [-0.15, -0.1) is 6.42 Å². The van der Waals surface area contributed by atoms with Crippen LogP contribution >= 0.6 is 11.6 Å². The lowest BCUT2D eigenvalue weighted by Gasteiger charge is -2.16. The Morgan fingerprint density at radius 3 is 2.57 bits per heavy atom. The van der Waals surface area contributed by atoms with E-state index in [4.69, 9.17) is 27.5 Å². The topological polar surface area (TPSA) is 81.7 Å². The molecule has 0 aromatic heterocycles. The minimum atomic E-state index is -4.43. The van der Waals surface area contributed by atoms with E-state index in [1.165, 1.54) is 20.1 Å². The number of esters is 1. The Morgan fingerprint density at radius 1 is 1.32 bits per heavy atom. The van der Waals surface area contributed by atoms with Crippen LogP contribution in [0.5, 0.6) is 5.75 Å². The molecule has 0 aliphatic rings. The van der Waals surface area contributed by atoms with Gasteiger partial charge in [-0.25, -0.2) is 17.2 Å². The first-order valence-corrected chi connectivity index (χ1v) is 9.44. The Morgan fingerprint density at radius 2 is 2.00 bits per heavy atom. The second kappa shape index (κ2) is 8.46. The number of hydrogen-bond acceptors (Lipinski definition) is 5. The van der Waals surface area contributed by atoms with E-state index < -0.39 is 43.8 Å². The Bertz CT molecular complexity index is 1080. The van der Waals surface area contributed by atoms with Crippen LogP contribution in [-0.4, -0.2) is 21.5 Å². The second-order valence-corrected chi connectivity index (χ2v) is 7.50. The van der Waals surface area contributed by atoms with Gasteiger partial charge in [-0.2, -0.15) is 0 Å². The van der Waals surface area contributed by atoms with Crippen LogP contribution in [0.25, 0.3) is 0 Å². The van der Waals surface area contributed by atoms with Crippen LogP contribution in [0.4, 0.5) is 14.5 Å². The third-order valence-corrected chi connectivity index (χ3v) is 5.09. The lowest BCUT2D eigenvalue weighted by atomic mass is 10.2. The van der Waals surface area contributed by atoms with E-state index in [1.54, 1.807) is 0 Å². The molecule has 10 heteroatoms. The highest BCUT2D eigenvalue weighted by atomic mass is 35.5. The van der Waals surface area contributed by atoms with Crippen LogP contribution in [0, 0.1) is 24.0 Å². The van der Waals surface area contributed by atoms with Gasteiger partial charge in [-0.1, -0.05) is 17.5 Å².